The van der Waals surface area contributed by atoms with Crippen molar-refractivity contribution in [2.45, 2.75) is 57.7 Å². The predicted molar refractivity (Wildman–Crippen MR) is 56.1 cm³/mol. The highest BCUT2D eigenvalue weighted by Crippen LogP contribution is 2.45. The molecule has 1 saturated carbocycles. The van der Waals surface area contributed by atoms with Crippen molar-refractivity contribution in [3.05, 3.63) is 0 Å². The Morgan fingerprint density at radius 1 is 1.29 bits per heavy atom. The lowest BCUT2D eigenvalue weighted by Crippen LogP contribution is -2.38. The average Bonchev–Trinajstić information content (AvgIpc) is 2.46. The summed E-state index contributed by atoms with van der Waals surface area (Å²) in [6.07, 6.45) is 6.08. The van der Waals surface area contributed by atoms with E-state index in [2.05, 4.69) is 13.8 Å². The highest BCUT2D eigenvalue weighted by atomic mass is 16.5. The van der Waals surface area contributed by atoms with E-state index in [1.165, 1.54) is 19.3 Å². The molecule has 0 radical (unpaired) electrons. The molecule has 0 bridgehead atoms. The van der Waals surface area contributed by atoms with Crippen molar-refractivity contribution in [2.75, 3.05) is 6.61 Å². The zero-order valence-electron chi connectivity index (χ0n) is 9.33. The summed E-state index contributed by atoms with van der Waals surface area (Å²) >= 11 is 0. The van der Waals surface area contributed by atoms with Crippen LogP contribution in [0.3, 0.4) is 0 Å². The van der Waals surface area contributed by atoms with E-state index in [-0.39, 0.29) is 18.3 Å². The molecule has 1 saturated heterocycles. The lowest BCUT2D eigenvalue weighted by molar-refractivity contribution is -0.0970. The van der Waals surface area contributed by atoms with E-state index < -0.39 is 0 Å². The lowest BCUT2D eigenvalue weighted by Gasteiger charge is -2.40. The van der Waals surface area contributed by atoms with Crippen LogP contribution in [0.1, 0.15) is 46.0 Å². The lowest BCUT2D eigenvalue weighted by atomic mass is 9.72. The molecular weight excluding hydrogens is 176 g/mol. The molecule has 1 aliphatic carbocycles. The quantitative estimate of drug-likeness (QED) is 0.701. The van der Waals surface area contributed by atoms with Crippen LogP contribution in [-0.2, 0) is 4.74 Å². The maximum Gasteiger partial charge on any atom is 0.0814 e. The van der Waals surface area contributed by atoms with Gasteiger partial charge in [-0.25, -0.2) is 0 Å². The first-order valence-corrected chi connectivity index (χ1v) is 5.92. The number of ether oxygens (including phenoxy) is 1. The Balaban J connectivity index is 2.01. The molecule has 0 aromatic rings. The summed E-state index contributed by atoms with van der Waals surface area (Å²) < 4.78 is 6.03. The molecule has 2 nitrogen and oxygen atoms in total. The first-order valence-electron chi connectivity index (χ1n) is 5.92. The van der Waals surface area contributed by atoms with E-state index in [1.807, 2.05) is 0 Å². The molecule has 1 N–H and O–H groups in total. The molecule has 1 heterocycles. The fourth-order valence-corrected chi connectivity index (χ4v) is 3.53. The summed E-state index contributed by atoms with van der Waals surface area (Å²) in [6.45, 7) is 4.85. The van der Waals surface area contributed by atoms with Gasteiger partial charge in [-0.15, -0.1) is 0 Å². The molecule has 82 valence electrons. The molecular formula is C12H22O2. The van der Waals surface area contributed by atoms with E-state index >= 15 is 0 Å². The van der Waals surface area contributed by atoms with Crippen LogP contribution in [0.5, 0.6) is 0 Å². The van der Waals surface area contributed by atoms with Crippen molar-refractivity contribution >= 4 is 0 Å². The maximum absolute atomic E-state index is 9.09. The Morgan fingerprint density at radius 2 is 1.93 bits per heavy atom. The number of hydrogen-bond acceptors (Lipinski definition) is 2. The zero-order valence-corrected chi connectivity index (χ0v) is 9.33. The van der Waals surface area contributed by atoms with Gasteiger partial charge in [-0.05, 0) is 43.9 Å². The Morgan fingerprint density at radius 3 is 2.43 bits per heavy atom. The first-order chi connectivity index (χ1) is 6.63. The first kappa shape index (κ1) is 10.4. The molecule has 3 atom stereocenters. The zero-order chi connectivity index (χ0) is 10.2. The van der Waals surface area contributed by atoms with Gasteiger partial charge in [-0.3, -0.25) is 0 Å². The van der Waals surface area contributed by atoms with Gasteiger partial charge in [0.1, 0.15) is 0 Å². The molecule has 0 amide bonds. The SMILES string of the molecule is C[C@@H]1C[C@@H](C)CC2(CC[C@H](CO)O2)C1. The topological polar surface area (TPSA) is 29.5 Å². The van der Waals surface area contributed by atoms with Crippen LogP contribution in [0.25, 0.3) is 0 Å². The van der Waals surface area contributed by atoms with Gasteiger partial charge in [-0.1, -0.05) is 13.8 Å². The summed E-state index contributed by atoms with van der Waals surface area (Å²) in [4.78, 5) is 0. The summed E-state index contributed by atoms with van der Waals surface area (Å²) in [6, 6.07) is 0. The second-order valence-corrected chi connectivity index (χ2v) is 5.50. The molecule has 2 fully saturated rings. The molecule has 2 heteroatoms. The van der Waals surface area contributed by atoms with Crippen LogP contribution >= 0.6 is 0 Å². The summed E-state index contributed by atoms with van der Waals surface area (Å²) in [5, 5.41) is 9.09. The summed E-state index contributed by atoms with van der Waals surface area (Å²) in [7, 11) is 0. The van der Waals surface area contributed by atoms with Gasteiger partial charge in [0, 0.05) is 0 Å². The van der Waals surface area contributed by atoms with Gasteiger partial charge < -0.3 is 9.84 Å². The Kier molecular flexibility index (Phi) is 2.85. The van der Waals surface area contributed by atoms with E-state index in [0.717, 1.165) is 24.7 Å². The third kappa shape index (κ3) is 1.96. The van der Waals surface area contributed by atoms with Gasteiger partial charge >= 0.3 is 0 Å². The maximum atomic E-state index is 9.09. The van der Waals surface area contributed by atoms with E-state index in [4.69, 9.17) is 9.84 Å². The van der Waals surface area contributed by atoms with Crippen LogP contribution in [-0.4, -0.2) is 23.4 Å². The number of rotatable bonds is 1. The average molecular weight is 198 g/mol. The molecule has 14 heavy (non-hydrogen) atoms. The molecule has 1 spiro atoms. The van der Waals surface area contributed by atoms with Gasteiger partial charge in [0.05, 0.1) is 18.3 Å². The van der Waals surface area contributed by atoms with Gasteiger partial charge in [0.25, 0.3) is 0 Å². The summed E-state index contributed by atoms with van der Waals surface area (Å²) in [5.41, 5.74) is 0.129. The third-order valence-corrected chi connectivity index (χ3v) is 3.79. The van der Waals surface area contributed by atoms with Gasteiger partial charge in [0.15, 0.2) is 0 Å². The Labute approximate surface area is 86.6 Å². The molecule has 0 aromatic carbocycles. The minimum atomic E-state index is 0.118. The molecule has 0 unspecified atom stereocenters. The van der Waals surface area contributed by atoms with E-state index in [1.54, 1.807) is 0 Å². The minimum absolute atomic E-state index is 0.118. The molecule has 0 aromatic heterocycles. The normalized spacial score (nSPS) is 48.6. The number of aliphatic hydroxyl groups is 1. The van der Waals surface area contributed by atoms with Gasteiger partial charge in [0.2, 0.25) is 0 Å². The highest BCUT2D eigenvalue weighted by molar-refractivity contribution is 4.94. The van der Waals surface area contributed by atoms with Crippen molar-refractivity contribution in [1.82, 2.24) is 0 Å². The second kappa shape index (κ2) is 3.82. The second-order valence-electron chi connectivity index (χ2n) is 5.50. The van der Waals surface area contributed by atoms with Crippen LogP contribution in [0.4, 0.5) is 0 Å². The fourth-order valence-electron chi connectivity index (χ4n) is 3.53. The van der Waals surface area contributed by atoms with Crippen molar-refractivity contribution < 1.29 is 9.84 Å². The highest BCUT2D eigenvalue weighted by Gasteiger charge is 2.44. The van der Waals surface area contributed by atoms with Crippen LogP contribution in [0, 0.1) is 11.8 Å². The smallest absolute Gasteiger partial charge is 0.0814 e. The third-order valence-electron chi connectivity index (χ3n) is 3.79. The predicted octanol–water partition coefficient (Wildman–Crippen LogP) is 2.35. The fraction of sp³-hybridized carbons (Fsp3) is 1.00. The van der Waals surface area contributed by atoms with Crippen molar-refractivity contribution in [3.63, 3.8) is 0 Å². The Hall–Kier alpha value is -0.0800. The standard InChI is InChI=1S/C12H22O2/c1-9-5-10(2)7-12(6-9)4-3-11(8-13)14-12/h9-11,13H,3-8H2,1-2H3/t9-,10-,11-/m1/s1. The largest absolute Gasteiger partial charge is 0.394 e. The van der Waals surface area contributed by atoms with Gasteiger partial charge in [-0.2, -0.15) is 0 Å². The molecule has 1 aliphatic heterocycles. The molecule has 2 rings (SSSR count). The van der Waals surface area contributed by atoms with Crippen LogP contribution < -0.4 is 0 Å². The molecule has 2 aliphatic rings. The number of aliphatic hydroxyl groups excluding tert-OH is 1. The van der Waals surface area contributed by atoms with Crippen molar-refractivity contribution in [3.8, 4) is 0 Å². The van der Waals surface area contributed by atoms with E-state index in [9.17, 15) is 0 Å². The minimum Gasteiger partial charge on any atom is -0.394 e. The van der Waals surface area contributed by atoms with Crippen LogP contribution in [0.15, 0.2) is 0 Å². The van der Waals surface area contributed by atoms with Crippen molar-refractivity contribution in [2.24, 2.45) is 11.8 Å². The van der Waals surface area contributed by atoms with Crippen molar-refractivity contribution in [1.29, 1.82) is 0 Å². The summed E-state index contributed by atoms with van der Waals surface area (Å²) in [5.74, 6) is 1.58. The van der Waals surface area contributed by atoms with Crippen LogP contribution in [0.2, 0.25) is 0 Å². The van der Waals surface area contributed by atoms with E-state index in [0.29, 0.717) is 0 Å². The monoisotopic (exact) mass is 198 g/mol. The Bertz CT molecular complexity index is 192. The number of hydrogen-bond donors (Lipinski definition) is 1.